The van der Waals surface area contributed by atoms with Crippen molar-refractivity contribution in [3.8, 4) is 0 Å². The van der Waals surface area contributed by atoms with Gasteiger partial charge in [0.1, 0.15) is 0 Å². The van der Waals surface area contributed by atoms with Gasteiger partial charge < -0.3 is 20.1 Å². The zero-order valence-corrected chi connectivity index (χ0v) is 18.1. The van der Waals surface area contributed by atoms with E-state index in [0.717, 1.165) is 11.1 Å². The molecule has 0 aliphatic rings. The highest BCUT2D eigenvalue weighted by Gasteiger charge is 2.26. The monoisotopic (exact) mass is 503 g/mol. The Hall–Kier alpha value is -1.07. The van der Waals surface area contributed by atoms with Crippen LogP contribution in [-0.4, -0.2) is 45.0 Å². The molecule has 0 aliphatic heterocycles. The molecule has 9 heteroatoms. The van der Waals surface area contributed by atoms with Gasteiger partial charge in [-0.2, -0.15) is 13.2 Å². The van der Waals surface area contributed by atoms with E-state index in [2.05, 4.69) is 15.6 Å². The molecule has 1 aromatic rings. The predicted molar refractivity (Wildman–Crippen MR) is 111 cm³/mol. The van der Waals surface area contributed by atoms with Gasteiger partial charge in [0, 0.05) is 19.7 Å². The highest BCUT2D eigenvalue weighted by atomic mass is 127. The summed E-state index contributed by atoms with van der Waals surface area (Å²) in [4.78, 5) is 4.33. The summed E-state index contributed by atoms with van der Waals surface area (Å²) in [5.41, 5.74) is 1.98. The quantitative estimate of drug-likeness (QED) is 0.209. The van der Waals surface area contributed by atoms with E-state index < -0.39 is 12.6 Å². The van der Waals surface area contributed by atoms with Crippen molar-refractivity contribution in [3.63, 3.8) is 0 Å². The first kappa shape index (κ1) is 25.9. The van der Waals surface area contributed by atoms with Gasteiger partial charge in [-0.25, -0.2) is 4.99 Å². The summed E-state index contributed by atoms with van der Waals surface area (Å²) in [6.07, 6.45) is -5.08. The first-order valence-corrected chi connectivity index (χ1v) is 8.76. The number of nitrogens with zero attached hydrogens (tertiary/aromatic N) is 1. The molecule has 0 amide bonds. The minimum absolute atomic E-state index is 0. The average molecular weight is 503 g/mol. The van der Waals surface area contributed by atoms with Crippen molar-refractivity contribution in [3.05, 3.63) is 35.4 Å². The van der Waals surface area contributed by atoms with E-state index in [4.69, 9.17) is 9.47 Å². The fourth-order valence-electron chi connectivity index (χ4n) is 2.10. The van der Waals surface area contributed by atoms with E-state index in [9.17, 15) is 13.2 Å². The fraction of sp³-hybridized carbons (Fsp3) is 0.611. The number of benzene rings is 1. The molecule has 0 aromatic heterocycles. The maximum atomic E-state index is 12.2. The van der Waals surface area contributed by atoms with Crippen LogP contribution >= 0.6 is 24.0 Å². The number of guanidine groups is 1. The van der Waals surface area contributed by atoms with Crippen LogP contribution in [0.25, 0.3) is 0 Å². The van der Waals surface area contributed by atoms with Gasteiger partial charge in [0.15, 0.2) is 5.96 Å². The number of ether oxygens (including phenoxy) is 2. The number of rotatable bonds is 11. The maximum absolute atomic E-state index is 12.2. The number of hydrogen-bond donors (Lipinski definition) is 2. The zero-order chi connectivity index (χ0) is 19.3. The summed E-state index contributed by atoms with van der Waals surface area (Å²) in [6.45, 7) is 6.78. The summed E-state index contributed by atoms with van der Waals surface area (Å²) in [5, 5.41) is 5.64. The third-order valence-corrected chi connectivity index (χ3v) is 3.30. The van der Waals surface area contributed by atoms with Gasteiger partial charge >= 0.3 is 6.18 Å². The second-order valence-electron chi connectivity index (χ2n) is 5.56. The second-order valence-corrected chi connectivity index (χ2v) is 5.56. The van der Waals surface area contributed by atoms with Crippen LogP contribution in [0.2, 0.25) is 0 Å². The molecular weight excluding hydrogens is 474 g/mol. The van der Waals surface area contributed by atoms with Crippen molar-refractivity contribution in [1.29, 1.82) is 0 Å². The largest absolute Gasteiger partial charge is 0.390 e. The van der Waals surface area contributed by atoms with Gasteiger partial charge in [0.05, 0.1) is 32.8 Å². The Kier molecular flexibility index (Phi) is 14.3. The standard InChI is InChI=1S/C18H28F3N3O2.HI/c1-3-22-17(23-9-8-18(19,20)21)24-13-15-6-5-7-16(12-15)14-26-11-10-25-4-2;/h5-7,12H,3-4,8-11,13-14H2,1-2H3,(H2,22,23,24);1H. The van der Waals surface area contributed by atoms with Crippen LogP contribution in [0.15, 0.2) is 29.3 Å². The van der Waals surface area contributed by atoms with Crippen molar-refractivity contribution in [2.75, 3.05) is 32.9 Å². The number of aliphatic imine (C=N–C) groups is 1. The van der Waals surface area contributed by atoms with Crippen LogP contribution in [0.4, 0.5) is 13.2 Å². The second kappa shape index (κ2) is 14.9. The third-order valence-electron chi connectivity index (χ3n) is 3.30. The molecule has 0 saturated heterocycles. The predicted octanol–water partition coefficient (Wildman–Crippen LogP) is 3.87. The minimum Gasteiger partial charge on any atom is -0.379 e. The Morgan fingerprint density at radius 3 is 2.44 bits per heavy atom. The van der Waals surface area contributed by atoms with Gasteiger partial charge in [-0.1, -0.05) is 24.3 Å². The molecule has 0 saturated carbocycles. The minimum atomic E-state index is -4.18. The Bertz CT molecular complexity index is 543. The highest BCUT2D eigenvalue weighted by molar-refractivity contribution is 14.0. The Labute approximate surface area is 176 Å². The molecule has 1 aromatic carbocycles. The van der Waals surface area contributed by atoms with Crippen LogP contribution in [0, 0.1) is 0 Å². The normalized spacial score (nSPS) is 11.8. The SMILES string of the molecule is CCNC(=NCc1cccc(COCCOCC)c1)NCCC(F)(F)F.I. The molecule has 0 radical (unpaired) electrons. The lowest BCUT2D eigenvalue weighted by atomic mass is 10.1. The zero-order valence-electron chi connectivity index (χ0n) is 15.8. The molecule has 0 aliphatic carbocycles. The number of alkyl halides is 3. The van der Waals surface area contributed by atoms with Crippen LogP contribution < -0.4 is 10.6 Å². The van der Waals surface area contributed by atoms with Gasteiger partial charge in [-0.15, -0.1) is 24.0 Å². The first-order valence-electron chi connectivity index (χ1n) is 8.76. The molecule has 27 heavy (non-hydrogen) atoms. The Morgan fingerprint density at radius 1 is 1.07 bits per heavy atom. The Balaban J connectivity index is 0.00000676. The lowest BCUT2D eigenvalue weighted by molar-refractivity contribution is -0.132. The maximum Gasteiger partial charge on any atom is 0.390 e. The van der Waals surface area contributed by atoms with E-state index in [1.165, 1.54) is 0 Å². The third kappa shape index (κ3) is 13.7. The van der Waals surface area contributed by atoms with Crippen molar-refractivity contribution in [1.82, 2.24) is 10.6 Å². The van der Waals surface area contributed by atoms with Gasteiger partial charge in [-0.05, 0) is 25.0 Å². The molecule has 1 rings (SSSR count). The van der Waals surface area contributed by atoms with E-state index in [1.54, 1.807) is 0 Å². The summed E-state index contributed by atoms with van der Waals surface area (Å²) < 4.78 is 47.5. The van der Waals surface area contributed by atoms with Crippen LogP contribution in [0.5, 0.6) is 0 Å². The summed E-state index contributed by atoms with van der Waals surface area (Å²) in [7, 11) is 0. The molecule has 0 atom stereocenters. The molecule has 0 bridgehead atoms. The van der Waals surface area contributed by atoms with E-state index in [-0.39, 0.29) is 30.5 Å². The van der Waals surface area contributed by atoms with Crippen molar-refractivity contribution < 1.29 is 22.6 Å². The molecule has 156 valence electrons. The van der Waals surface area contributed by atoms with E-state index in [1.807, 2.05) is 38.1 Å². The fourth-order valence-corrected chi connectivity index (χ4v) is 2.10. The first-order chi connectivity index (χ1) is 12.4. The van der Waals surface area contributed by atoms with Gasteiger partial charge in [0.25, 0.3) is 0 Å². The van der Waals surface area contributed by atoms with Crippen molar-refractivity contribution in [2.24, 2.45) is 4.99 Å². The topological polar surface area (TPSA) is 54.9 Å². The summed E-state index contributed by atoms with van der Waals surface area (Å²) in [6, 6.07) is 7.77. The molecule has 2 N–H and O–H groups in total. The van der Waals surface area contributed by atoms with Crippen LogP contribution in [0.1, 0.15) is 31.4 Å². The van der Waals surface area contributed by atoms with E-state index in [0.29, 0.717) is 45.5 Å². The summed E-state index contributed by atoms with van der Waals surface area (Å²) in [5.74, 6) is 0.370. The number of hydrogen-bond acceptors (Lipinski definition) is 3. The molecular formula is C18H29F3IN3O2. The van der Waals surface area contributed by atoms with Crippen LogP contribution in [0.3, 0.4) is 0 Å². The number of nitrogens with one attached hydrogen (secondary N) is 2. The molecule has 0 unspecified atom stereocenters. The highest BCUT2D eigenvalue weighted by Crippen LogP contribution is 2.18. The number of halogens is 4. The van der Waals surface area contributed by atoms with Crippen molar-refractivity contribution in [2.45, 2.75) is 39.6 Å². The summed E-state index contributed by atoms with van der Waals surface area (Å²) >= 11 is 0. The Morgan fingerprint density at radius 2 is 1.78 bits per heavy atom. The van der Waals surface area contributed by atoms with Crippen molar-refractivity contribution >= 4 is 29.9 Å². The molecule has 0 spiro atoms. The van der Waals surface area contributed by atoms with Crippen LogP contribution in [-0.2, 0) is 22.6 Å². The van der Waals surface area contributed by atoms with Gasteiger partial charge in [0.2, 0.25) is 0 Å². The molecule has 0 heterocycles. The average Bonchev–Trinajstić information content (AvgIpc) is 2.59. The lowest BCUT2D eigenvalue weighted by Gasteiger charge is -2.12. The molecule has 5 nitrogen and oxygen atoms in total. The lowest BCUT2D eigenvalue weighted by Crippen LogP contribution is -2.38. The van der Waals surface area contributed by atoms with E-state index >= 15 is 0 Å². The smallest absolute Gasteiger partial charge is 0.379 e. The van der Waals surface area contributed by atoms with Gasteiger partial charge in [-0.3, -0.25) is 0 Å². The molecule has 0 fully saturated rings.